The summed E-state index contributed by atoms with van der Waals surface area (Å²) in [5, 5.41) is 11.4. The van der Waals surface area contributed by atoms with Gasteiger partial charge in [0.1, 0.15) is 0 Å². The molecule has 106 valence electrons. The van der Waals surface area contributed by atoms with Crippen LogP contribution in [0.3, 0.4) is 0 Å². The first-order chi connectivity index (χ1) is 9.54. The van der Waals surface area contributed by atoms with Crippen molar-refractivity contribution in [3.63, 3.8) is 0 Å². The van der Waals surface area contributed by atoms with Crippen LogP contribution in [0.4, 0.5) is 5.69 Å². The summed E-state index contributed by atoms with van der Waals surface area (Å²) in [5.74, 6) is -0.983. The van der Waals surface area contributed by atoms with Crippen LogP contribution in [0.1, 0.15) is 24.8 Å². The molecule has 5 heteroatoms. The number of carboxylic acids is 1. The van der Waals surface area contributed by atoms with E-state index >= 15 is 0 Å². The number of carboxylic acid groups (broad SMARTS) is 1. The number of carbonyl (C=O) groups excluding carboxylic acids is 1. The van der Waals surface area contributed by atoms with E-state index in [2.05, 4.69) is 5.32 Å². The number of benzene rings is 1. The van der Waals surface area contributed by atoms with Crippen molar-refractivity contribution in [2.24, 2.45) is 11.7 Å². The lowest BCUT2D eigenvalue weighted by Gasteiger charge is -2.10. The van der Waals surface area contributed by atoms with E-state index in [1.807, 2.05) is 0 Å². The predicted octanol–water partition coefficient (Wildman–Crippen LogP) is 1.85. The Bertz CT molecular complexity index is 522. The molecular weight excluding hydrogens is 256 g/mol. The van der Waals surface area contributed by atoms with Gasteiger partial charge in [-0.25, -0.2) is 4.79 Å². The van der Waals surface area contributed by atoms with E-state index in [1.54, 1.807) is 24.3 Å². The molecule has 0 saturated heterocycles. The van der Waals surface area contributed by atoms with Crippen molar-refractivity contribution >= 4 is 23.6 Å². The number of aliphatic carboxylic acids is 1. The summed E-state index contributed by atoms with van der Waals surface area (Å²) >= 11 is 0. The van der Waals surface area contributed by atoms with E-state index in [4.69, 9.17) is 10.8 Å². The Balaban J connectivity index is 1.93. The van der Waals surface area contributed by atoms with E-state index in [0.29, 0.717) is 5.69 Å². The van der Waals surface area contributed by atoms with Gasteiger partial charge in [0, 0.05) is 23.7 Å². The molecule has 1 aliphatic rings. The first-order valence-corrected chi connectivity index (χ1v) is 6.62. The molecule has 2 rings (SSSR count). The van der Waals surface area contributed by atoms with Crippen molar-refractivity contribution < 1.29 is 14.7 Å². The lowest BCUT2D eigenvalue weighted by Crippen LogP contribution is -2.23. The second-order valence-electron chi connectivity index (χ2n) is 5.05. The molecule has 2 unspecified atom stereocenters. The van der Waals surface area contributed by atoms with Crippen molar-refractivity contribution in [2.75, 3.05) is 5.32 Å². The highest BCUT2D eigenvalue weighted by Crippen LogP contribution is 2.25. The summed E-state index contributed by atoms with van der Waals surface area (Å²) in [6.07, 6.45) is 5.06. The summed E-state index contributed by atoms with van der Waals surface area (Å²) in [4.78, 5) is 22.4. The van der Waals surface area contributed by atoms with Crippen LogP contribution >= 0.6 is 0 Å². The molecule has 0 bridgehead atoms. The van der Waals surface area contributed by atoms with Crippen LogP contribution < -0.4 is 11.1 Å². The van der Waals surface area contributed by atoms with Crippen LogP contribution in [0.2, 0.25) is 0 Å². The van der Waals surface area contributed by atoms with E-state index in [9.17, 15) is 9.59 Å². The molecule has 5 nitrogen and oxygen atoms in total. The molecule has 1 fully saturated rings. The number of nitrogens with one attached hydrogen (secondary N) is 1. The van der Waals surface area contributed by atoms with E-state index in [0.717, 1.165) is 30.9 Å². The maximum atomic E-state index is 12.0. The molecule has 0 aromatic heterocycles. The second kappa shape index (κ2) is 6.34. The molecule has 0 heterocycles. The van der Waals surface area contributed by atoms with Gasteiger partial charge in [0.2, 0.25) is 5.91 Å². The Hall–Kier alpha value is -2.14. The maximum absolute atomic E-state index is 12.0. The molecule has 2 atom stereocenters. The number of carbonyl (C=O) groups is 2. The summed E-state index contributed by atoms with van der Waals surface area (Å²) < 4.78 is 0. The zero-order chi connectivity index (χ0) is 14.5. The van der Waals surface area contributed by atoms with Crippen LogP contribution in [0.25, 0.3) is 6.08 Å². The third-order valence-corrected chi connectivity index (χ3v) is 3.44. The molecular formula is C15H18N2O3. The van der Waals surface area contributed by atoms with Crippen molar-refractivity contribution in [1.29, 1.82) is 0 Å². The highest BCUT2D eigenvalue weighted by molar-refractivity contribution is 5.93. The maximum Gasteiger partial charge on any atom is 0.328 e. The smallest absolute Gasteiger partial charge is 0.328 e. The Morgan fingerprint density at radius 2 is 1.95 bits per heavy atom. The van der Waals surface area contributed by atoms with Crippen molar-refractivity contribution in [1.82, 2.24) is 0 Å². The number of amides is 1. The third kappa shape index (κ3) is 3.93. The molecule has 1 saturated carbocycles. The monoisotopic (exact) mass is 274 g/mol. The van der Waals surface area contributed by atoms with Crippen LogP contribution in [0.5, 0.6) is 0 Å². The molecule has 0 spiro atoms. The Kier molecular flexibility index (Phi) is 4.53. The Morgan fingerprint density at radius 1 is 1.25 bits per heavy atom. The van der Waals surface area contributed by atoms with Gasteiger partial charge in [-0.2, -0.15) is 0 Å². The van der Waals surface area contributed by atoms with Gasteiger partial charge in [-0.3, -0.25) is 4.79 Å². The quantitative estimate of drug-likeness (QED) is 0.730. The summed E-state index contributed by atoms with van der Waals surface area (Å²) in [7, 11) is 0. The minimum absolute atomic E-state index is 0.00316. The first-order valence-electron chi connectivity index (χ1n) is 6.62. The predicted molar refractivity (Wildman–Crippen MR) is 77.1 cm³/mol. The lowest BCUT2D eigenvalue weighted by atomic mass is 10.1. The summed E-state index contributed by atoms with van der Waals surface area (Å²) in [5.41, 5.74) is 7.28. The zero-order valence-corrected chi connectivity index (χ0v) is 11.1. The molecule has 1 aromatic rings. The van der Waals surface area contributed by atoms with Crippen molar-refractivity contribution in [3.05, 3.63) is 35.9 Å². The molecule has 4 N–H and O–H groups in total. The van der Waals surface area contributed by atoms with Crippen LogP contribution in [-0.4, -0.2) is 23.0 Å². The molecule has 1 aromatic carbocycles. The van der Waals surface area contributed by atoms with Crippen LogP contribution in [0.15, 0.2) is 30.3 Å². The van der Waals surface area contributed by atoms with E-state index < -0.39 is 5.97 Å². The molecule has 20 heavy (non-hydrogen) atoms. The van der Waals surface area contributed by atoms with Gasteiger partial charge in [-0.05, 0) is 43.0 Å². The SMILES string of the molecule is NC1CCC(C(=O)Nc2ccc(/C=C/C(=O)O)cc2)C1. The number of anilines is 1. The van der Waals surface area contributed by atoms with Crippen LogP contribution in [-0.2, 0) is 9.59 Å². The molecule has 1 aliphatic carbocycles. The van der Waals surface area contributed by atoms with E-state index in [1.165, 1.54) is 6.08 Å². The lowest BCUT2D eigenvalue weighted by molar-refractivity contribution is -0.131. The van der Waals surface area contributed by atoms with Crippen molar-refractivity contribution in [2.45, 2.75) is 25.3 Å². The highest BCUT2D eigenvalue weighted by Gasteiger charge is 2.27. The normalized spacial score (nSPS) is 22.1. The second-order valence-corrected chi connectivity index (χ2v) is 5.05. The number of hydrogen-bond donors (Lipinski definition) is 3. The van der Waals surface area contributed by atoms with Crippen LogP contribution in [0, 0.1) is 5.92 Å². The number of nitrogens with two attached hydrogens (primary N) is 1. The minimum atomic E-state index is -0.986. The van der Waals surface area contributed by atoms with Gasteiger partial charge in [0.05, 0.1) is 0 Å². The van der Waals surface area contributed by atoms with Crippen molar-refractivity contribution in [3.8, 4) is 0 Å². The topological polar surface area (TPSA) is 92.4 Å². The first kappa shape index (κ1) is 14.3. The minimum Gasteiger partial charge on any atom is -0.478 e. The zero-order valence-electron chi connectivity index (χ0n) is 11.1. The molecule has 1 amide bonds. The van der Waals surface area contributed by atoms with E-state index in [-0.39, 0.29) is 17.9 Å². The molecule has 0 radical (unpaired) electrons. The van der Waals surface area contributed by atoms with Gasteiger partial charge in [0.15, 0.2) is 0 Å². The Labute approximate surface area is 117 Å². The average Bonchev–Trinajstić information content (AvgIpc) is 2.85. The van der Waals surface area contributed by atoms with Gasteiger partial charge >= 0.3 is 5.97 Å². The van der Waals surface area contributed by atoms with Gasteiger partial charge in [0.25, 0.3) is 0 Å². The molecule has 0 aliphatic heterocycles. The number of rotatable bonds is 4. The van der Waals surface area contributed by atoms with Gasteiger partial charge < -0.3 is 16.2 Å². The standard InChI is InChI=1S/C15H18N2O3/c16-12-5-4-11(9-12)15(20)17-13-6-1-10(2-7-13)3-8-14(18)19/h1-3,6-8,11-12H,4-5,9,16H2,(H,17,20)(H,18,19)/b8-3+. The Morgan fingerprint density at radius 3 is 2.50 bits per heavy atom. The van der Waals surface area contributed by atoms with Gasteiger partial charge in [-0.15, -0.1) is 0 Å². The van der Waals surface area contributed by atoms with Gasteiger partial charge in [-0.1, -0.05) is 12.1 Å². The number of hydrogen-bond acceptors (Lipinski definition) is 3. The fourth-order valence-electron chi connectivity index (χ4n) is 2.34. The third-order valence-electron chi connectivity index (χ3n) is 3.44. The summed E-state index contributed by atoms with van der Waals surface area (Å²) in [6, 6.07) is 7.17. The largest absolute Gasteiger partial charge is 0.478 e. The summed E-state index contributed by atoms with van der Waals surface area (Å²) in [6.45, 7) is 0. The fourth-order valence-corrected chi connectivity index (χ4v) is 2.34. The fraction of sp³-hybridized carbons (Fsp3) is 0.333. The average molecular weight is 274 g/mol. The highest BCUT2D eigenvalue weighted by atomic mass is 16.4.